The Bertz CT molecular complexity index is 589. The van der Waals surface area contributed by atoms with Gasteiger partial charge in [-0.15, -0.1) is 0 Å². The molecule has 0 spiro atoms. The number of halogens is 1. The van der Waals surface area contributed by atoms with E-state index in [0.717, 1.165) is 12.1 Å². The highest BCUT2D eigenvalue weighted by molar-refractivity contribution is 6.01. The fourth-order valence-electron chi connectivity index (χ4n) is 2.48. The summed E-state index contributed by atoms with van der Waals surface area (Å²) in [6, 6.07) is 1.14. The molecule has 7 nitrogen and oxygen atoms in total. The Labute approximate surface area is 115 Å². The van der Waals surface area contributed by atoms with E-state index in [-0.39, 0.29) is 23.0 Å². The predicted octanol–water partition coefficient (Wildman–Crippen LogP) is 1.15. The molecule has 0 bridgehead atoms. The molecule has 0 radical (unpaired) electrons. The van der Waals surface area contributed by atoms with Gasteiger partial charge in [0.05, 0.1) is 22.7 Å². The third-order valence-electron chi connectivity index (χ3n) is 3.57. The highest BCUT2D eigenvalue weighted by atomic mass is 19.1. The Morgan fingerprint density at radius 2 is 2.20 bits per heavy atom. The van der Waals surface area contributed by atoms with Gasteiger partial charge < -0.3 is 16.1 Å². The molecule has 0 amide bonds. The van der Waals surface area contributed by atoms with Crippen LogP contribution in [0.3, 0.4) is 0 Å². The molecule has 0 saturated heterocycles. The van der Waals surface area contributed by atoms with Crippen LogP contribution in [0.2, 0.25) is 0 Å². The molecular weight excluding hydrogens is 265 g/mol. The summed E-state index contributed by atoms with van der Waals surface area (Å²) in [4.78, 5) is 12.2. The number of nitro benzene ring substituents is 1. The summed E-state index contributed by atoms with van der Waals surface area (Å²) in [6.07, 6.45) is 0. The number of hydrogen-bond donors (Lipinski definition) is 2. The molecule has 0 fully saturated rings. The zero-order valence-corrected chi connectivity index (χ0v) is 11.4. The number of hydrazone groups is 1. The lowest BCUT2D eigenvalue weighted by atomic mass is 9.89. The van der Waals surface area contributed by atoms with Crippen LogP contribution in [0.5, 0.6) is 0 Å². The van der Waals surface area contributed by atoms with Crippen molar-refractivity contribution < 1.29 is 9.31 Å². The third-order valence-corrected chi connectivity index (χ3v) is 3.57. The van der Waals surface area contributed by atoms with Crippen molar-refractivity contribution in [2.45, 2.75) is 19.0 Å². The first-order chi connectivity index (χ1) is 9.40. The molecule has 2 atom stereocenters. The molecule has 0 aromatic heterocycles. The zero-order valence-electron chi connectivity index (χ0n) is 11.4. The summed E-state index contributed by atoms with van der Waals surface area (Å²) in [7, 11) is 3.28. The second-order valence-electron chi connectivity index (χ2n) is 4.61. The molecule has 1 aliphatic rings. The smallest absolute Gasteiger partial charge is 0.293 e. The van der Waals surface area contributed by atoms with E-state index in [1.165, 1.54) is 0 Å². The van der Waals surface area contributed by atoms with Crippen molar-refractivity contribution >= 4 is 17.1 Å². The Hall–Kier alpha value is -2.22. The van der Waals surface area contributed by atoms with Crippen LogP contribution in [0.4, 0.5) is 15.8 Å². The fourth-order valence-corrected chi connectivity index (χ4v) is 2.48. The van der Waals surface area contributed by atoms with Crippen LogP contribution >= 0.6 is 0 Å². The molecular formula is C12H16FN5O2. The summed E-state index contributed by atoms with van der Waals surface area (Å²) < 4.78 is 14.1. The number of nitrogens with one attached hydrogen (secondary N) is 1. The molecule has 3 N–H and O–H groups in total. The fraction of sp³-hybridized carbons (Fsp3) is 0.417. The van der Waals surface area contributed by atoms with Crippen molar-refractivity contribution in [1.29, 1.82) is 0 Å². The van der Waals surface area contributed by atoms with Crippen LogP contribution < -0.4 is 16.1 Å². The number of nitro groups is 1. The molecule has 2 unspecified atom stereocenters. The number of rotatable bonds is 2. The zero-order chi connectivity index (χ0) is 15.0. The highest BCUT2D eigenvalue weighted by Gasteiger charge is 2.38. The minimum Gasteiger partial charge on any atom is -0.361 e. The first-order valence-electron chi connectivity index (χ1n) is 6.09. The monoisotopic (exact) mass is 281 g/mol. The first kappa shape index (κ1) is 14.2. The standard InChI is InChI=1S/C12H16FN5O2/c1-6-11(16-15-2)10(14)9-7(13)4-5-8(18(19)20)12(9)17(6)3/h4-6,10,15H,14H2,1-3H3/b16-11-. The summed E-state index contributed by atoms with van der Waals surface area (Å²) in [5, 5.41) is 15.2. The van der Waals surface area contributed by atoms with E-state index in [4.69, 9.17) is 5.73 Å². The number of hydrogen-bond acceptors (Lipinski definition) is 6. The van der Waals surface area contributed by atoms with E-state index in [1.54, 1.807) is 19.0 Å². The largest absolute Gasteiger partial charge is 0.361 e. The van der Waals surface area contributed by atoms with Crippen LogP contribution in [0.25, 0.3) is 0 Å². The van der Waals surface area contributed by atoms with Gasteiger partial charge in [-0.25, -0.2) is 4.39 Å². The summed E-state index contributed by atoms with van der Waals surface area (Å²) >= 11 is 0. The molecule has 1 aromatic carbocycles. The van der Waals surface area contributed by atoms with Gasteiger partial charge in [-0.05, 0) is 13.0 Å². The lowest BCUT2D eigenvalue weighted by Crippen LogP contribution is -2.47. The van der Waals surface area contributed by atoms with Crippen LogP contribution in [-0.4, -0.2) is 30.8 Å². The Balaban J connectivity index is 2.73. The maximum atomic E-state index is 14.1. The second-order valence-corrected chi connectivity index (χ2v) is 4.61. The predicted molar refractivity (Wildman–Crippen MR) is 74.3 cm³/mol. The lowest BCUT2D eigenvalue weighted by molar-refractivity contribution is -0.384. The van der Waals surface area contributed by atoms with Crippen molar-refractivity contribution in [3.05, 3.63) is 33.6 Å². The molecule has 0 saturated carbocycles. The first-order valence-corrected chi connectivity index (χ1v) is 6.09. The normalized spacial score (nSPS) is 23.6. The Kier molecular flexibility index (Phi) is 3.58. The Morgan fingerprint density at radius 1 is 1.55 bits per heavy atom. The van der Waals surface area contributed by atoms with Gasteiger partial charge in [-0.1, -0.05) is 0 Å². The number of benzene rings is 1. The molecule has 1 aromatic rings. The summed E-state index contributed by atoms with van der Waals surface area (Å²) in [6.45, 7) is 1.81. The van der Waals surface area contributed by atoms with E-state index in [0.29, 0.717) is 5.71 Å². The van der Waals surface area contributed by atoms with E-state index >= 15 is 0 Å². The van der Waals surface area contributed by atoms with Crippen molar-refractivity contribution in [2.75, 3.05) is 19.0 Å². The highest BCUT2D eigenvalue weighted by Crippen LogP contribution is 2.41. The molecule has 20 heavy (non-hydrogen) atoms. The maximum Gasteiger partial charge on any atom is 0.293 e. The topological polar surface area (TPSA) is 96.8 Å². The van der Waals surface area contributed by atoms with Gasteiger partial charge in [-0.3, -0.25) is 10.1 Å². The number of nitrogens with two attached hydrogens (primary N) is 1. The molecule has 8 heteroatoms. The van der Waals surface area contributed by atoms with Crippen LogP contribution in [-0.2, 0) is 0 Å². The van der Waals surface area contributed by atoms with Crippen LogP contribution in [0.1, 0.15) is 18.5 Å². The minimum atomic E-state index is -0.816. The van der Waals surface area contributed by atoms with Crippen LogP contribution in [0, 0.1) is 15.9 Å². The van der Waals surface area contributed by atoms with E-state index < -0.39 is 16.8 Å². The second kappa shape index (κ2) is 5.04. The lowest BCUT2D eigenvalue weighted by Gasteiger charge is -2.37. The maximum absolute atomic E-state index is 14.1. The molecule has 1 heterocycles. The molecule has 1 aliphatic heterocycles. The molecule has 0 aliphatic carbocycles. The van der Waals surface area contributed by atoms with E-state index in [2.05, 4.69) is 10.5 Å². The van der Waals surface area contributed by atoms with Gasteiger partial charge >= 0.3 is 0 Å². The third kappa shape index (κ3) is 1.97. The average molecular weight is 281 g/mol. The van der Waals surface area contributed by atoms with Gasteiger partial charge in [0.15, 0.2) is 0 Å². The van der Waals surface area contributed by atoms with E-state index in [1.807, 2.05) is 6.92 Å². The quantitative estimate of drug-likeness (QED) is 0.626. The average Bonchev–Trinajstić information content (AvgIpc) is 2.40. The van der Waals surface area contributed by atoms with Crippen molar-refractivity contribution in [1.82, 2.24) is 5.43 Å². The van der Waals surface area contributed by atoms with Gasteiger partial charge in [0.1, 0.15) is 11.5 Å². The van der Waals surface area contributed by atoms with Gasteiger partial charge in [0.2, 0.25) is 0 Å². The molecule has 2 rings (SSSR count). The van der Waals surface area contributed by atoms with Gasteiger partial charge in [0.25, 0.3) is 5.69 Å². The van der Waals surface area contributed by atoms with Crippen molar-refractivity contribution in [2.24, 2.45) is 10.8 Å². The van der Waals surface area contributed by atoms with Gasteiger partial charge in [-0.2, -0.15) is 5.10 Å². The number of nitrogens with zero attached hydrogens (tertiary/aromatic N) is 3. The Morgan fingerprint density at radius 3 is 2.75 bits per heavy atom. The summed E-state index contributed by atoms with van der Waals surface area (Å²) in [5.74, 6) is -0.569. The van der Waals surface area contributed by atoms with Gasteiger partial charge in [0, 0.05) is 25.7 Å². The molecule has 108 valence electrons. The van der Waals surface area contributed by atoms with Crippen LogP contribution in [0.15, 0.2) is 17.2 Å². The van der Waals surface area contributed by atoms with Crippen molar-refractivity contribution in [3.8, 4) is 0 Å². The van der Waals surface area contributed by atoms with E-state index in [9.17, 15) is 14.5 Å². The SMILES string of the molecule is CN/N=C1\C(N)c2c(F)ccc([N+](=O)[O-])c2N(C)C1C. The number of fused-ring (bicyclic) bond motifs is 1. The minimum absolute atomic E-state index is 0.105. The van der Waals surface area contributed by atoms with Crippen molar-refractivity contribution in [3.63, 3.8) is 0 Å². The number of anilines is 1. The summed E-state index contributed by atoms with van der Waals surface area (Å²) in [5.41, 5.74) is 9.36.